The van der Waals surface area contributed by atoms with Gasteiger partial charge in [0.2, 0.25) is 0 Å². The van der Waals surface area contributed by atoms with E-state index in [-0.39, 0.29) is 5.92 Å². The summed E-state index contributed by atoms with van der Waals surface area (Å²) >= 11 is 0. The summed E-state index contributed by atoms with van der Waals surface area (Å²) in [6.07, 6.45) is 3.89. The number of rotatable bonds is 9. The molecule has 1 saturated heterocycles. The highest BCUT2D eigenvalue weighted by Gasteiger charge is 2.44. The highest BCUT2D eigenvalue weighted by molar-refractivity contribution is 5.25. The molecule has 2 aromatic carbocycles. The van der Waals surface area contributed by atoms with E-state index in [1.165, 1.54) is 31.7 Å². The van der Waals surface area contributed by atoms with Crippen molar-refractivity contribution < 1.29 is 14.1 Å². The van der Waals surface area contributed by atoms with Gasteiger partial charge in [-0.15, -0.1) is 0 Å². The van der Waals surface area contributed by atoms with Crippen LogP contribution in [0.5, 0.6) is 0 Å². The summed E-state index contributed by atoms with van der Waals surface area (Å²) in [4.78, 5) is 0. The van der Waals surface area contributed by atoms with Crippen LogP contribution < -0.4 is 0 Å². The monoisotopic (exact) mass is 410 g/mol. The predicted octanol–water partition coefficient (Wildman–Crippen LogP) is 4.46. The van der Waals surface area contributed by atoms with E-state index in [4.69, 9.17) is 0 Å². The van der Waals surface area contributed by atoms with Gasteiger partial charge in [-0.1, -0.05) is 80.4 Å². The number of hydrogen-bond acceptors (Lipinski definition) is 1. The van der Waals surface area contributed by atoms with Crippen molar-refractivity contribution in [3.05, 3.63) is 71.8 Å². The van der Waals surface area contributed by atoms with Gasteiger partial charge in [-0.05, 0) is 24.0 Å². The largest absolute Gasteiger partial charge is 0.385 e. The molecule has 0 aliphatic carbocycles. The molecular formula is C27H42N2O+2. The fourth-order valence-electron chi connectivity index (χ4n) is 5.00. The third-order valence-electron chi connectivity index (χ3n) is 7.34. The normalized spacial score (nSPS) is 21.0. The standard InChI is InChI=1S/C27H42N2O/c1-5-6-17-27(30,25-15-11-8-12-16-25)26(22-24-13-9-7-10-14-24)23-29(4)20-18-28(2,3)19-21-29/h7-16,26,30H,5-6,17-23H2,1-4H3/q+2. The summed E-state index contributed by atoms with van der Waals surface area (Å²) in [5, 5.41) is 12.3. The molecule has 3 nitrogen and oxygen atoms in total. The van der Waals surface area contributed by atoms with E-state index in [1.54, 1.807) is 0 Å². The lowest BCUT2D eigenvalue weighted by molar-refractivity contribution is -1.01. The Morgan fingerprint density at radius 3 is 2.00 bits per heavy atom. The third kappa shape index (κ3) is 5.72. The van der Waals surface area contributed by atoms with Crippen molar-refractivity contribution in [2.45, 2.75) is 38.2 Å². The second-order valence-electron chi connectivity index (χ2n) is 10.4. The number of hydrogen-bond donors (Lipinski definition) is 1. The molecule has 30 heavy (non-hydrogen) atoms. The lowest BCUT2D eigenvalue weighted by Gasteiger charge is -2.48. The first-order chi connectivity index (χ1) is 14.3. The first kappa shape index (κ1) is 23.0. The van der Waals surface area contributed by atoms with E-state index in [1.807, 2.05) is 0 Å². The van der Waals surface area contributed by atoms with Gasteiger partial charge < -0.3 is 14.1 Å². The number of benzene rings is 2. The van der Waals surface area contributed by atoms with Gasteiger partial charge in [-0.25, -0.2) is 0 Å². The van der Waals surface area contributed by atoms with Crippen LogP contribution >= 0.6 is 0 Å². The Morgan fingerprint density at radius 1 is 0.867 bits per heavy atom. The number of piperazine rings is 1. The summed E-state index contributed by atoms with van der Waals surface area (Å²) in [6, 6.07) is 21.2. The molecule has 3 heteroatoms. The lowest BCUT2D eigenvalue weighted by atomic mass is 9.74. The molecular weight excluding hydrogens is 368 g/mol. The second-order valence-corrected chi connectivity index (χ2v) is 10.4. The Kier molecular flexibility index (Phi) is 7.38. The number of likely N-dealkylation sites (N-methyl/N-ethyl adjacent to an activating group) is 2. The average Bonchev–Trinajstić information content (AvgIpc) is 2.75. The van der Waals surface area contributed by atoms with E-state index >= 15 is 0 Å². The molecule has 164 valence electrons. The Bertz CT molecular complexity index is 764. The molecule has 0 spiro atoms. The summed E-state index contributed by atoms with van der Waals surface area (Å²) < 4.78 is 2.16. The molecule has 1 heterocycles. The van der Waals surface area contributed by atoms with Gasteiger partial charge in [0, 0.05) is 5.92 Å². The van der Waals surface area contributed by atoms with Gasteiger partial charge in [0.05, 0.1) is 33.3 Å². The fourth-order valence-corrected chi connectivity index (χ4v) is 5.00. The smallest absolute Gasteiger partial charge is 0.128 e. The molecule has 2 atom stereocenters. The second kappa shape index (κ2) is 9.64. The van der Waals surface area contributed by atoms with Gasteiger partial charge in [0.1, 0.15) is 26.2 Å². The molecule has 3 rings (SSSR count). The van der Waals surface area contributed by atoms with E-state index in [2.05, 4.69) is 88.7 Å². The molecule has 1 aliphatic rings. The minimum absolute atomic E-state index is 0.188. The van der Waals surface area contributed by atoms with Crippen LogP contribution in [0.1, 0.15) is 37.3 Å². The first-order valence-electron chi connectivity index (χ1n) is 11.7. The van der Waals surface area contributed by atoms with E-state index in [0.29, 0.717) is 0 Å². The number of nitrogens with zero attached hydrogens (tertiary/aromatic N) is 2. The van der Waals surface area contributed by atoms with Crippen LogP contribution in [0.2, 0.25) is 0 Å². The van der Waals surface area contributed by atoms with E-state index < -0.39 is 5.60 Å². The zero-order chi connectivity index (χ0) is 21.7. The summed E-state index contributed by atoms with van der Waals surface area (Å²) in [6.45, 7) is 7.99. The molecule has 0 aromatic heterocycles. The van der Waals surface area contributed by atoms with Crippen LogP contribution in [0.15, 0.2) is 60.7 Å². The van der Waals surface area contributed by atoms with Gasteiger partial charge >= 0.3 is 0 Å². The van der Waals surface area contributed by atoms with Crippen molar-refractivity contribution in [1.29, 1.82) is 0 Å². The van der Waals surface area contributed by atoms with Gasteiger partial charge in [-0.2, -0.15) is 0 Å². The fraction of sp³-hybridized carbons (Fsp3) is 0.556. The highest BCUT2D eigenvalue weighted by Crippen LogP contribution is 2.38. The van der Waals surface area contributed by atoms with Gasteiger partial charge in [0.15, 0.2) is 0 Å². The van der Waals surface area contributed by atoms with Gasteiger partial charge in [-0.3, -0.25) is 0 Å². The molecule has 1 aliphatic heterocycles. The lowest BCUT2D eigenvalue weighted by Crippen LogP contribution is -2.64. The highest BCUT2D eigenvalue weighted by atomic mass is 16.3. The maximum atomic E-state index is 12.3. The quantitative estimate of drug-likeness (QED) is 0.605. The Labute approximate surface area is 184 Å². The Balaban J connectivity index is 1.94. The SMILES string of the molecule is CCCCC(O)(c1ccccc1)C(Cc1ccccc1)C[N+]1(C)CC[N+](C)(C)CC1. The summed E-state index contributed by atoms with van der Waals surface area (Å²) in [5.74, 6) is 0.188. The Morgan fingerprint density at radius 2 is 1.43 bits per heavy atom. The van der Waals surface area contributed by atoms with Crippen LogP contribution in [0, 0.1) is 5.92 Å². The van der Waals surface area contributed by atoms with E-state index in [0.717, 1.165) is 46.8 Å². The van der Waals surface area contributed by atoms with Crippen molar-refractivity contribution >= 4 is 0 Å². The summed E-state index contributed by atoms with van der Waals surface area (Å²) in [7, 11) is 7.08. The van der Waals surface area contributed by atoms with Crippen molar-refractivity contribution in [3.63, 3.8) is 0 Å². The minimum atomic E-state index is -0.795. The molecule has 0 radical (unpaired) electrons. The number of unbranched alkanes of at least 4 members (excludes halogenated alkanes) is 1. The summed E-state index contributed by atoms with van der Waals surface area (Å²) in [5.41, 5.74) is 1.61. The molecule has 1 N–H and O–H groups in total. The first-order valence-corrected chi connectivity index (χ1v) is 11.7. The molecule has 0 bridgehead atoms. The van der Waals surface area contributed by atoms with Crippen LogP contribution in [0.4, 0.5) is 0 Å². The topological polar surface area (TPSA) is 20.2 Å². The molecule has 1 fully saturated rings. The van der Waals surface area contributed by atoms with Crippen molar-refractivity contribution in [1.82, 2.24) is 0 Å². The molecule has 0 saturated carbocycles. The maximum Gasteiger partial charge on any atom is 0.128 e. The van der Waals surface area contributed by atoms with Crippen molar-refractivity contribution in [2.24, 2.45) is 5.92 Å². The van der Waals surface area contributed by atoms with Crippen molar-refractivity contribution in [3.8, 4) is 0 Å². The Hall–Kier alpha value is -1.68. The minimum Gasteiger partial charge on any atom is -0.385 e. The van der Waals surface area contributed by atoms with Crippen LogP contribution in [0.3, 0.4) is 0 Å². The predicted molar refractivity (Wildman–Crippen MR) is 126 cm³/mol. The molecule has 0 amide bonds. The number of quaternary nitrogens is 2. The molecule has 2 unspecified atom stereocenters. The number of aliphatic hydroxyl groups is 1. The van der Waals surface area contributed by atoms with Crippen LogP contribution in [-0.2, 0) is 12.0 Å². The third-order valence-corrected chi connectivity index (χ3v) is 7.34. The van der Waals surface area contributed by atoms with E-state index in [9.17, 15) is 5.11 Å². The van der Waals surface area contributed by atoms with Crippen LogP contribution in [-0.4, -0.2) is 67.9 Å². The van der Waals surface area contributed by atoms with Crippen LogP contribution in [0.25, 0.3) is 0 Å². The zero-order valence-corrected chi connectivity index (χ0v) is 19.6. The van der Waals surface area contributed by atoms with Crippen molar-refractivity contribution in [2.75, 3.05) is 53.9 Å². The maximum absolute atomic E-state index is 12.3. The van der Waals surface area contributed by atoms with Gasteiger partial charge in [0.25, 0.3) is 0 Å². The average molecular weight is 411 g/mol. The molecule has 2 aromatic rings. The zero-order valence-electron chi connectivity index (χ0n) is 19.6.